The average molecular weight is 427 g/mol. The highest BCUT2D eigenvalue weighted by molar-refractivity contribution is 5.81. The summed E-state index contributed by atoms with van der Waals surface area (Å²) in [5.41, 5.74) is 9.27. The van der Waals surface area contributed by atoms with Crippen LogP contribution in [0.15, 0.2) is 30.9 Å². The maximum atomic E-state index is 10.8. The smallest absolute Gasteiger partial charge is 0.167 e. The summed E-state index contributed by atoms with van der Waals surface area (Å²) >= 11 is 0. The average Bonchev–Trinajstić information content (AvgIpc) is 3.47. The van der Waals surface area contributed by atoms with E-state index in [9.17, 15) is 5.11 Å². The van der Waals surface area contributed by atoms with Gasteiger partial charge in [0.25, 0.3) is 0 Å². The van der Waals surface area contributed by atoms with E-state index in [0.717, 1.165) is 24.2 Å². The topological polar surface area (TPSA) is 127 Å². The molecule has 0 radical (unpaired) electrons. The Morgan fingerprint density at radius 2 is 2.13 bits per heavy atom. The Labute approximate surface area is 178 Å². The molecule has 2 aliphatic rings. The molecule has 3 aromatic rings. The number of aryl methyl sites for hydroxylation is 1. The highest BCUT2D eigenvalue weighted by Gasteiger charge is 2.46. The molecule has 1 fully saturated rings. The monoisotopic (exact) mass is 427 g/mol. The number of ether oxygens (including phenoxy) is 4. The molecule has 0 amide bonds. The molecule has 10 nitrogen and oxygen atoms in total. The Hall–Kier alpha value is -2.79. The van der Waals surface area contributed by atoms with Crippen LogP contribution in [0.2, 0.25) is 0 Å². The molecule has 1 unspecified atom stereocenters. The Kier molecular flexibility index (Phi) is 5.22. The summed E-state index contributed by atoms with van der Waals surface area (Å²) in [4.78, 5) is 12.5. The Balaban J connectivity index is 1.32. The third-order valence-electron chi connectivity index (χ3n) is 6.08. The van der Waals surface area contributed by atoms with Crippen molar-refractivity contribution in [2.75, 3.05) is 26.6 Å². The molecular formula is C21H25N5O5. The van der Waals surface area contributed by atoms with E-state index in [0.29, 0.717) is 11.2 Å². The van der Waals surface area contributed by atoms with E-state index in [1.807, 2.05) is 18.2 Å². The Morgan fingerprint density at radius 1 is 1.26 bits per heavy atom. The first-order valence-electron chi connectivity index (χ1n) is 10.2. The van der Waals surface area contributed by atoms with Crippen molar-refractivity contribution in [3.63, 3.8) is 0 Å². The van der Waals surface area contributed by atoms with Crippen molar-refractivity contribution < 1.29 is 24.1 Å². The second kappa shape index (κ2) is 8.04. The molecule has 1 aromatic carbocycles. The van der Waals surface area contributed by atoms with Crippen molar-refractivity contribution in [3.8, 4) is 5.75 Å². The van der Waals surface area contributed by atoms with Gasteiger partial charge < -0.3 is 29.8 Å². The number of nitrogens with two attached hydrogens (primary N) is 1. The van der Waals surface area contributed by atoms with E-state index in [-0.39, 0.29) is 18.5 Å². The normalized spacial score (nSPS) is 27.6. The minimum absolute atomic E-state index is 0.0432. The molecule has 1 aliphatic heterocycles. The molecule has 164 valence electrons. The number of hydrogen-bond donors (Lipinski definition) is 2. The number of aliphatic hydroxyl groups is 1. The minimum atomic E-state index is -0.872. The van der Waals surface area contributed by atoms with Gasteiger partial charge in [-0.2, -0.15) is 0 Å². The molecule has 10 heteroatoms. The van der Waals surface area contributed by atoms with Crippen molar-refractivity contribution in [1.29, 1.82) is 0 Å². The van der Waals surface area contributed by atoms with Crippen LogP contribution < -0.4 is 10.5 Å². The van der Waals surface area contributed by atoms with E-state index >= 15 is 0 Å². The first-order valence-corrected chi connectivity index (χ1v) is 10.2. The van der Waals surface area contributed by atoms with Crippen LogP contribution >= 0.6 is 0 Å². The van der Waals surface area contributed by atoms with Gasteiger partial charge in [0.2, 0.25) is 0 Å². The maximum absolute atomic E-state index is 10.8. The van der Waals surface area contributed by atoms with Crippen molar-refractivity contribution in [1.82, 2.24) is 19.5 Å². The van der Waals surface area contributed by atoms with E-state index < -0.39 is 24.5 Å². The lowest BCUT2D eigenvalue weighted by Crippen LogP contribution is -2.35. The largest absolute Gasteiger partial charge is 0.497 e. The second-order valence-corrected chi connectivity index (χ2v) is 7.76. The molecule has 5 rings (SSSR count). The van der Waals surface area contributed by atoms with Crippen LogP contribution in [0.1, 0.15) is 29.9 Å². The molecule has 31 heavy (non-hydrogen) atoms. The van der Waals surface area contributed by atoms with E-state index in [4.69, 9.17) is 24.7 Å². The lowest BCUT2D eigenvalue weighted by atomic mass is 10.1. The summed E-state index contributed by atoms with van der Waals surface area (Å²) < 4.78 is 24.9. The molecule has 3 heterocycles. The zero-order valence-electron chi connectivity index (χ0n) is 17.3. The van der Waals surface area contributed by atoms with Crippen molar-refractivity contribution in [2.24, 2.45) is 0 Å². The second-order valence-electron chi connectivity index (χ2n) is 7.76. The van der Waals surface area contributed by atoms with Crippen molar-refractivity contribution >= 4 is 17.0 Å². The van der Waals surface area contributed by atoms with Crippen LogP contribution in [-0.2, 0) is 20.6 Å². The highest BCUT2D eigenvalue weighted by atomic mass is 16.6. The number of nitrogens with zero attached hydrogens (tertiary/aromatic N) is 4. The van der Waals surface area contributed by atoms with Crippen LogP contribution in [0.4, 0.5) is 5.82 Å². The number of imidazole rings is 1. The molecule has 0 spiro atoms. The summed E-state index contributed by atoms with van der Waals surface area (Å²) in [5.74, 6) is 1.13. The number of aromatic nitrogens is 4. The SMILES string of the molecule is COc1ccc2c(c1)CCC2OC[C@H]1O[C@@H](n2cnc3c(N)ncnc32)[C@H](OC)[C@@H]1O. The zero-order valence-corrected chi connectivity index (χ0v) is 17.3. The number of hydrogen-bond acceptors (Lipinski definition) is 9. The van der Waals surface area contributed by atoms with E-state index in [1.54, 1.807) is 18.0 Å². The number of aliphatic hydroxyl groups excluding tert-OH is 1. The Morgan fingerprint density at radius 3 is 2.94 bits per heavy atom. The number of rotatable bonds is 6. The molecule has 1 aliphatic carbocycles. The van der Waals surface area contributed by atoms with Crippen LogP contribution in [0, 0.1) is 0 Å². The van der Waals surface area contributed by atoms with Crippen LogP contribution in [0.3, 0.4) is 0 Å². The quantitative estimate of drug-likeness (QED) is 0.600. The summed E-state index contributed by atoms with van der Waals surface area (Å²) in [7, 11) is 3.20. The molecule has 0 bridgehead atoms. The third-order valence-corrected chi connectivity index (χ3v) is 6.08. The van der Waals surface area contributed by atoms with E-state index in [2.05, 4.69) is 15.0 Å². The number of nitrogen functional groups attached to an aromatic ring is 1. The maximum Gasteiger partial charge on any atom is 0.167 e. The zero-order chi connectivity index (χ0) is 21.5. The Bertz CT molecular complexity index is 1090. The van der Waals surface area contributed by atoms with Gasteiger partial charge in [-0.05, 0) is 36.1 Å². The first kappa shape index (κ1) is 20.1. The summed E-state index contributed by atoms with van der Waals surface area (Å²) in [6, 6.07) is 6.03. The number of benzene rings is 1. The van der Waals surface area contributed by atoms with Gasteiger partial charge in [-0.3, -0.25) is 4.57 Å². The van der Waals surface area contributed by atoms with Gasteiger partial charge in [0.05, 0.1) is 26.1 Å². The molecule has 1 saturated heterocycles. The van der Waals surface area contributed by atoms with Crippen LogP contribution in [0.25, 0.3) is 11.2 Å². The fourth-order valence-corrected chi connectivity index (χ4v) is 4.46. The molecule has 3 N–H and O–H groups in total. The molecule has 2 aromatic heterocycles. The fourth-order valence-electron chi connectivity index (χ4n) is 4.46. The van der Waals surface area contributed by atoms with Gasteiger partial charge in [0, 0.05) is 7.11 Å². The van der Waals surface area contributed by atoms with Crippen LogP contribution in [-0.4, -0.2) is 63.8 Å². The van der Waals surface area contributed by atoms with Gasteiger partial charge in [0.15, 0.2) is 17.7 Å². The van der Waals surface area contributed by atoms with Gasteiger partial charge in [-0.25, -0.2) is 15.0 Å². The number of anilines is 1. The minimum Gasteiger partial charge on any atom is -0.497 e. The van der Waals surface area contributed by atoms with Crippen LogP contribution in [0.5, 0.6) is 5.75 Å². The third kappa shape index (κ3) is 3.41. The number of methoxy groups -OCH3 is 2. The van der Waals surface area contributed by atoms with Gasteiger partial charge in [0.1, 0.15) is 35.9 Å². The summed E-state index contributed by atoms with van der Waals surface area (Å²) in [6.07, 6.45) is 2.05. The van der Waals surface area contributed by atoms with Gasteiger partial charge in [-0.15, -0.1) is 0 Å². The van der Waals surface area contributed by atoms with Gasteiger partial charge in [-0.1, -0.05) is 6.07 Å². The molecule has 5 atom stereocenters. The lowest BCUT2D eigenvalue weighted by molar-refractivity contribution is -0.0827. The highest BCUT2D eigenvalue weighted by Crippen LogP contribution is 2.38. The van der Waals surface area contributed by atoms with Crippen molar-refractivity contribution in [3.05, 3.63) is 42.0 Å². The number of fused-ring (bicyclic) bond motifs is 2. The predicted octanol–water partition coefficient (Wildman–Crippen LogP) is 1.39. The standard InChI is InChI=1S/C21H25N5O5/c1-28-12-4-5-13-11(7-12)3-6-14(13)30-8-15-17(27)18(29-2)21(31-15)26-10-25-16-19(22)23-9-24-20(16)26/h4-5,7,9-10,14-15,17-18,21,27H,3,6,8H2,1-2H3,(H2,22,23,24)/t14?,15-,17-,18-,21-/m1/s1. The fraction of sp³-hybridized carbons (Fsp3) is 0.476. The predicted molar refractivity (Wildman–Crippen MR) is 110 cm³/mol. The lowest BCUT2D eigenvalue weighted by Gasteiger charge is -2.19. The molecule has 0 saturated carbocycles. The first-order chi connectivity index (χ1) is 15.1. The van der Waals surface area contributed by atoms with Gasteiger partial charge >= 0.3 is 0 Å². The summed E-state index contributed by atoms with van der Waals surface area (Å²) in [6.45, 7) is 0.234. The van der Waals surface area contributed by atoms with Crippen molar-refractivity contribution in [2.45, 2.75) is 43.5 Å². The summed E-state index contributed by atoms with van der Waals surface area (Å²) in [5, 5.41) is 10.8. The van der Waals surface area contributed by atoms with E-state index in [1.165, 1.54) is 19.0 Å². The molecular weight excluding hydrogens is 402 g/mol.